The Bertz CT molecular complexity index is 317. The highest BCUT2D eigenvalue weighted by molar-refractivity contribution is 6.34. The predicted octanol–water partition coefficient (Wildman–Crippen LogP) is 1.78. The number of nitrogen functional groups attached to an aromatic ring is 1. The number of methoxy groups -OCH3 is 1. The van der Waals surface area contributed by atoms with Crippen LogP contribution in [0.3, 0.4) is 0 Å². The lowest BCUT2D eigenvalue weighted by molar-refractivity contribution is 0.381. The van der Waals surface area contributed by atoms with E-state index in [1.54, 1.807) is 0 Å². The lowest BCUT2D eigenvalue weighted by atomic mass is 10.2. The second-order valence-electron chi connectivity index (χ2n) is 2.14. The van der Waals surface area contributed by atoms with Crippen molar-refractivity contribution in [2.45, 2.75) is 0 Å². The number of rotatable bonds is 1. The Morgan fingerprint density at radius 3 is 2.75 bits per heavy atom. The molecule has 1 aromatic rings. The first-order valence-electron chi connectivity index (χ1n) is 3.08. The summed E-state index contributed by atoms with van der Waals surface area (Å²) >= 11 is 5.51. The number of nitrogens with two attached hydrogens (primary N) is 1. The number of anilines is 1. The normalized spacial score (nSPS) is 9.92. The zero-order valence-electron chi connectivity index (χ0n) is 6.27. The Balaban J connectivity index is 3.40. The van der Waals surface area contributed by atoms with E-state index in [9.17, 15) is 4.39 Å². The Kier molecular flexibility index (Phi) is 2.28. The van der Waals surface area contributed by atoms with Crippen molar-refractivity contribution in [2.75, 3.05) is 12.8 Å². The fourth-order valence-electron chi connectivity index (χ4n) is 0.797. The molecular weight excluding hydrogens is 185 g/mol. The molecule has 0 aliphatic heterocycles. The summed E-state index contributed by atoms with van der Waals surface area (Å²) in [6.07, 6.45) is 0. The average Bonchev–Trinajstić information content (AvgIpc) is 2.01. The molecule has 0 saturated heterocycles. The number of phenols is 1. The van der Waals surface area contributed by atoms with Gasteiger partial charge in [-0.05, 0) is 0 Å². The Morgan fingerprint density at radius 1 is 1.67 bits per heavy atom. The fraction of sp³-hybridized carbons (Fsp3) is 0.143. The largest absolute Gasteiger partial charge is 0.504 e. The molecule has 1 aromatic carbocycles. The molecule has 3 nitrogen and oxygen atoms in total. The molecular formula is C7H7ClFNO2. The van der Waals surface area contributed by atoms with Gasteiger partial charge >= 0.3 is 0 Å². The molecule has 3 N–H and O–H groups in total. The minimum absolute atomic E-state index is 0.113. The zero-order chi connectivity index (χ0) is 9.30. The summed E-state index contributed by atoms with van der Waals surface area (Å²) in [6.45, 7) is 0. The molecule has 12 heavy (non-hydrogen) atoms. The quantitative estimate of drug-likeness (QED) is 0.526. The molecule has 0 radical (unpaired) electrons. The van der Waals surface area contributed by atoms with Gasteiger partial charge in [0, 0.05) is 6.07 Å². The van der Waals surface area contributed by atoms with Gasteiger partial charge in [0.25, 0.3) is 0 Å². The highest BCUT2D eigenvalue weighted by Gasteiger charge is 2.14. The third kappa shape index (κ3) is 1.25. The Labute approximate surface area is 73.5 Å². The molecule has 0 saturated carbocycles. The van der Waals surface area contributed by atoms with Gasteiger partial charge in [-0.15, -0.1) is 0 Å². The van der Waals surface area contributed by atoms with Gasteiger partial charge in [-0.3, -0.25) is 0 Å². The first-order chi connectivity index (χ1) is 5.57. The lowest BCUT2D eigenvalue weighted by Gasteiger charge is -2.07. The van der Waals surface area contributed by atoms with E-state index < -0.39 is 5.82 Å². The van der Waals surface area contributed by atoms with Gasteiger partial charge < -0.3 is 15.6 Å². The summed E-state index contributed by atoms with van der Waals surface area (Å²) < 4.78 is 17.5. The number of ether oxygens (including phenoxy) is 1. The Morgan fingerprint density at radius 2 is 2.25 bits per heavy atom. The van der Waals surface area contributed by atoms with Crippen molar-refractivity contribution in [3.05, 3.63) is 16.9 Å². The van der Waals surface area contributed by atoms with Gasteiger partial charge in [0.2, 0.25) is 0 Å². The molecule has 66 valence electrons. The highest BCUT2D eigenvalue weighted by Crippen LogP contribution is 2.39. The predicted molar refractivity (Wildman–Crippen MR) is 44.0 cm³/mol. The van der Waals surface area contributed by atoms with Crippen LogP contribution in [0.15, 0.2) is 6.07 Å². The van der Waals surface area contributed by atoms with Crippen LogP contribution >= 0.6 is 11.6 Å². The van der Waals surface area contributed by atoms with Gasteiger partial charge in [0.15, 0.2) is 17.3 Å². The molecule has 0 aliphatic carbocycles. The van der Waals surface area contributed by atoms with Crippen molar-refractivity contribution >= 4 is 17.3 Å². The number of hydrogen-bond donors (Lipinski definition) is 2. The average molecular weight is 192 g/mol. The molecule has 0 bridgehead atoms. The van der Waals surface area contributed by atoms with Crippen LogP contribution in [-0.2, 0) is 0 Å². The van der Waals surface area contributed by atoms with Gasteiger partial charge in [-0.25, -0.2) is 4.39 Å². The third-order valence-electron chi connectivity index (χ3n) is 1.38. The van der Waals surface area contributed by atoms with Crippen LogP contribution in [0, 0.1) is 5.82 Å². The van der Waals surface area contributed by atoms with Crippen LogP contribution in [0.4, 0.5) is 10.1 Å². The van der Waals surface area contributed by atoms with Crippen LogP contribution in [0.2, 0.25) is 5.02 Å². The maximum atomic E-state index is 12.9. The highest BCUT2D eigenvalue weighted by atomic mass is 35.5. The van der Waals surface area contributed by atoms with Crippen molar-refractivity contribution < 1.29 is 14.2 Å². The summed E-state index contributed by atoms with van der Waals surface area (Å²) in [5.74, 6) is -1.27. The second kappa shape index (κ2) is 3.06. The second-order valence-corrected chi connectivity index (χ2v) is 2.52. The molecule has 0 heterocycles. The molecule has 1 rings (SSSR count). The molecule has 0 aromatic heterocycles. The van der Waals surface area contributed by atoms with Crippen molar-refractivity contribution in [1.82, 2.24) is 0 Å². The van der Waals surface area contributed by atoms with Gasteiger partial charge in [0.05, 0.1) is 12.8 Å². The first-order valence-corrected chi connectivity index (χ1v) is 3.46. The molecule has 0 amide bonds. The van der Waals surface area contributed by atoms with Crippen LogP contribution in [-0.4, -0.2) is 12.2 Å². The summed E-state index contributed by atoms with van der Waals surface area (Å²) in [4.78, 5) is 0. The SMILES string of the molecule is COc1c(F)cc(N)c(O)c1Cl. The zero-order valence-corrected chi connectivity index (χ0v) is 7.02. The first kappa shape index (κ1) is 8.93. The maximum absolute atomic E-state index is 12.9. The van der Waals surface area contributed by atoms with E-state index in [1.165, 1.54) is 7.11 Å². The van der Waals surface area contributed by atoms with Gasteiger partial charge in [-0.2, -0.15) is 0 Å². The minimum Gasteiger partial charge on any atom is -0.504 e. The molecule has 0 aliphatic rings. The van der Waals surface area contributed by atoms with Crippen molar-refractivity contribution in [2.24, 2.45) is 0 Å². The molecule has 0 unspecified atom stereocenters. The van der Waals surface area contributed by atoms with Crippen LogP contribution in [0.1, 0.15) is 0 Å². The van der Waals surface area contributed by atoms with Crippen molar-refractivity contribution in [3.8, 4) is 11.5 Å². The summed E-state index contributed by atoms with van der Waals surface area (Å²) in [5, 5.41) is 8.93. The van der Waals surface area contributed by atoms with E-state index in [2.05, 4.69) is 4.74 Å². The van der Waals surface area contributed by atoms with Crippen LogP contribution < -0.4 is 10.5 Å². The molecule has 0 fully saturated rings. The number of aromatic hydroxyl groups is 1. The van der Waals surface area contributed by atoms with E-state index in [0.29, 0.717) is 0 Å². The number of phenolic OH excluding ortho intramolecular Hbond substituents is 1. The van der Waals surface area contributed by atoms with Crippen LogP contribution in [0.25, 0.3) is 0 Å². The van der Waals surface area contributed by atoms with E-state index in [4.69, 9.17) is 22.4 Å². The summed E-state index contributed by atoms with van der Waals surface area (Å²) in [7, 11) is 1.25. The maximum Gasteiger partial charge on any atom is 0.177 e. The standard InChI is InChI=1S/C7H7ClFNO2/c1-12-7-3(9)2-4(10)6(11)5(7)8/h2,11H,10H2,1H3. The number of halogens is 2. The molecule has 0 spiro atoms. The molecule has 0 atom stereocenters. The van der Waals surface area contributed by atoms with E-state index in [0.717, 1.165) is 6.07 Å². The molecule has 5 heteroatoms. The number of hydrogen-bond acceptors (Lipinski definition) is 3. The monoisotopic (exact) mass is 191 g/mol. The summed E-state index contributed by atoms with van der Waals surface area (Å²) in [6, 6.07) is 0.944. The number of benzene rings is 1. The minimum atomic E-state index is -0.696. The summed E-state index contributed by atoms with van der Waals surface area (Å²) in [5.41, 5.74) is 5.10. The van der Waals surface area contributed by atoms with Crippen molar-refractivity contribution in [1.29, 1.82) is 0 Å². The smallest absolute Gasteiger partial charge is 0.177 e. The van der Waals surface area contributed by atoms with Crippen molar-refractivity contribution in [3.63, 3.8) is 0 Å². The van der Waals surface area contributed by atoms with E-state index in [-0.39, 0.29) is 22.2 Å². The van der Waals surface area contributed by atoms with E-state index >= 15 is 0 Å². The lowest BCUT2D eigenvalue weighted by Crippen LogP contribution is -1.93. The Hall–Kier alpha value is -1.16. The fourth-order valence-corrected chi connectivity index (χ4v) is 1.07. The van der Waals surface area contributed by atoms with E-state index in [1.807, 2.05) is 0 Å². The topological polar surface area (TPSA) is 55.5 Å². The third-order valence-corrected chi connectivity index (χ3v) is 1.73. The van der Waals surface area contributed by atoms with Gasteiger partial charge in [0.1, 0.15) is 5.02 Å². The van der Waals surface area contributed by atoms with Gasteiger partial charge in [-0.1, -0.05) is 11.6 Å². The van der Waals surface area contributed by atoms with Crippen LogP contribution in [0.5, 0.6) is 11.5 Å².